The van der Waals surface area contributed by atoms with Gasteiger partial charge in [-0.2, -0.15) is 0 Å². The second-order valence-electron chi connectivity index (χ2n) is 2.76. The number of nitrogens with zero attached hydrogens (tertiary/aromatic N) is 1. The quantitative estimate of drug-likeness (QED) is 0.729. The second kappa shape index (κ2) is 3.58. The van der Waals surface area contributed by atoms with Crippen LogP contribution in [0.15, 0.2) is 12.4 Å². The highest BCUT2D eigenvalue weighted by atomic mass is 19.1. The third kappa shape index (κ3) is 1.98. The molecule has 0 aromatic carbocycles. The number of aromatic nitrogens is 1. The lowest BCUT2D eigenvalue weighted by Crippen LogP contribution is -2.19. The average Bonchev–Trinajstić information content (AvgIpc) is 1.97. The molecule has 2 N–H and O–H groups in total. The van der Waals surface area contributed by atoms with Crippen molar-refractivity contribution in [2.45, 2.75) is 19.4 Å². The highest BCUT2D eigenvalue weighted by Gasteiger charge is 2.10. The maximum atomic E-state index is 12.9. The van der Waals surface area contributed by atoms with Gasteiger partial charge in [0, 0.05) is 11.6 Å². The van der Waals surface area contributed by atoms with Gasteiger partial charge in [0.25, 0.3) is 0 Å². The van der Waals surface area contributed by atoms with Crippen LogP contribution in [0.3, 0.4) is 0 Å². The zero-order valence-corrected chi connectivity index (χ0v) is 6.72. The normalized spacial score (nSPS) is 13.0. The molecule has 12 heavy (non-hydrogen) atoms. The van der Waals surface area contributed by atoms with E-state index in [-0.39, 0.29) is 18.0 Å². The summed E-state index contributed by atoms with van der Waals surface area (Å²) in [5, 5.41) is 0. The summed E-state index contributed by atoms with van der Waals surface area (Å²) in [7, 11) is 0. The minimum absolute atomic E-state index is 0.0139. The Bertz CT molecular complexity index is 254. The Morgan fingerprint density at radius 2 is 1.92 bits per heavy atom. The number of hydrogen-bond donors (Lipinski definition) is 1. The fraction of sp³-hybridized carbons (Fsp3) is 0.375. The number of pyridine rings is 1. The highest BCUT2D eigenvalue weighted by molar-refractivity contribution is 5.16. The third-order valence-corrected chi connectivity index (χ3v) is 1.48. The molecule has 1 aromatic heterocycles. The van der Waals surface area contributed by atoms with Gasteiger partial charge in [0.05, 0.1) is 12.4 Å². The molecule has 0 radical (unpaired) electrons. The van der Waals surface area contributed by atoms with Gasteiger partial charge in [-0.3, -0.25) is 4.98 Å². The van der Waals surface area contributed by atoms with Crippen molar-refractivity contribution < 1.29 is 8.78 Å². The maximum Gasteiger partial charge on any atom is 0.147 e. The fourth-order valence-corrected chi connectivity index (χ4v) is 0.955. The van der Waals surface area contributed by atoms with Crippen LogP contribution in [0.5, 0.6) is 0 Å². The van der Waals surface area contributed by atoms with E-state index >= 15 is 0 Å². The van der Waals surface area contributed by atoms with Crippen LogP contribution in [0, 0.1) is 11.6 Å². The number of hydrogen-bond acceptors (Lipinski definition) is 2. The van der Waals surface area contributed by atoms with Crippen LogP contribution < -0.4 is 5.73 Å². The van der Waals surface area contributed by atoms with Crippen LogP contribution >= 0.6 is 0 Å². The van der Waals surface area contributed by atoms with Gasteiger partial charge < -0.3 is 5.73 Å². The van der Waals surface area contributed by atoms with Crippen molar-refractivity contribution in [1.82, 2.24) is 4.98 Å². The van der Waals surface area contributed by atoms with Crippen molar-refractivity contribution >= 4 is 0 Å². The van der Waals surface area contributed by atoms with E-state index in [9.17, 15) is 8.78 Å². The summed E-state index contributed by atoms with van der Waals surface area (Å²) in [6.07, 6.45) is 2.17. The molecule has 0 saturated heterocycles. The largest absolute Gasteiger partial charge is 0.328 e. The predicted octanol–water partition coefficient (Wildman–Crippen LogP) is 1.25. The summed E-state index contributed by atoms with van der Waals surface area (Å²) in [5.41, 5.74) is 5.42. The van der Waals surface area contributed by atoms with Crippen LogP contribution in [-0.4, -0.2) is 11.0 Å². The van der Waals surface area contributed by atoms with E-state index in [2.05, 4.69) is 4.98 Å². The summed E-state index contributed by atoms with van der Waals surface area (Å²) in [6, 6.07) is -0.253. The lowest BCUT2D eigenvalue weighted by Gasteiger charge is -2.06. The van der Waals surface area contributed by atoms with Crippen LogP contribution in [-0.2, 0) is 6.42 Å². The summed E-state index contributed by atoms with van der Waals surface area (Å²) in [4.78, 5) is 3.36. The molecule has 0 saturated carbocycles. The first-order chi connectivity index (χ1) is 5.61. The molecular formula is C8H10F2N2. The zero-order valence-electron chi connectivity index (χ0n) is 6.72. The number of nitrogens with two attached hydrogens (primary N) is 1. The number of halogens is 2. The van der Waals surface area contributed by atoms with Gasteiger partial charge in [-0.15, -0.1) is 0 Å². The monoisotopic (exact) mass is 172 g/mol. The number of rotatable bonds is 2. The van der Waals surface area contributed by atoms with Gasteiger partial charge in [-0.25, -0.2) is 8.78 Å². The molecular weight excluding hydrogens is 162 g/mol. The SMILES string of the molecule is C[C@H](N)Cc1c(F)cncc1F. The van der Waals surface area contributed by atoms with Crippen LogP contribution in [0.25, 0.3) is 0 Å². The molecule has 0 amide bonds. The summed E-state index contributed by atoms with van der Waals surface area (Å²) >= 11 is 0. The standard InChI is InChI=1S/C8H10F2N2/c1-5(11)2-6-7(9)3-12-4-8(6)10/h3-5H,2,11H2,1H3/t5-/m0/s1. The van der Waals surface area contributed by atoms with E-state index in [0.717, 1.165) is 12.4 Å². The highest BCUT2D eigenvalue weighted by Crippen LogP contribution is 2.11. The lowest BCUT2D eigenvalue weighted by molar-refractivity contribution is 0.533. The van der Waals surface area contributed by atoms with Crippen molar-refractivity contribution in [3.05, 3.63) is 29.6 Å². The van der Waals surface area contributed by atoms with E-state index < -0.39 is 11.6 Å². The predicted molar refractivity (Wildman–Crippen MR) is 41.5 cm³/mol. The molecule has 0 unspecified atom stereocenters. The first-order valence-corrected chi connectivity index (χ1v) is 3.64. The lowest BCUT2D eigenvalue weighted by atomic mass is 10.1. The van der Waals surface area contributed by atoms with Gasteiger partial charge in [0.1, 0.15) is 11.6 Å². The molecule has 1 aromatic rings. The molecule has 0 aliphatic rings. The average molecular weight is 172 g/mol. The smallest absolute Gasteiger partial charge is 0.147 e. The van der Waals surface area contributed by atoms with Gasteiger partial charge in [-0.1, -0.05) is 0 Å². The molecule has 0 fully saturated rings. The van der Waals surface area contributed by atoms with Crippen molar-refractivity contribution in [2.24, 2.45) is 5.73 Å². The summed E-state index contributed by atoms with van der Waals surface area (Å²) in [5.74, 6) is -1.26. The topological polar surface area (TPSA) is 38.9 Å². The van der Waals surface area contributed by atoms with Crippen LogP contribution in [0.2, 0.25) is 0 Å². The Hall–Kier alpha value is -1.03. The van der Waals surface area contributed by atoms with E-state index in [4.69, 9.17) is 5.73 Å². The molecule has 0 aliphatic heterocycles. The minimum atomic E-state index is -0.632. The van der Waals surface area contributed by atoms with Gasteiger partial charge >= 0.3 is 0 Å². The Labute approximate surface area is 69.4 Å². The fourth-order valence-electron chi connectivity index (χ4n) is 0.955. The van der Waals surface area contributed by atoms with Crippen molar-refractivity contribution in [3.8, 4) is 0 Å². The van der Waals surface area contributed by atoms with Crippen molar-refractivity contribution in [2.75, 3.05) is 0 Å². The molecule has 66 valence electrons. The Morgan fingerprint density at radius 3 is 2.33 bits per heavy atom. The summed E-state index contributed by atoms with van der Waals surface area (Å²) < 4.78 is 25.7. The second-order valence-corrected chi connectivity index (χ2v) is 2.76. The third-order valence-electron chi connectivity index (χ3n) is 1.48. The first kappa shape index (κ1) is 9.06. The molecule has 1 atom stereocenters. The van der Waals surface area contributed by atoms with Crippen LogP contribution in [0.1, 0.15) is 12.5 Å². The molecule has 1 rings (SSSR count). The van der Waals surface area contributed by atoms with Crippen molar-refractivity contribution in [3.63, 3.8) is 0 Å². The van der Waals surface area contributed by atoms with E-state index in [1.807, 2.05) is 0 Å². The van der Waals surface area contributed by atoms with E-state index in [0.29, 0.717) is 0 Å². The Morgan fingerprint density at radius 1 is 1.42 bits per heavy atom. The van der Waals surface area contributed by atoms with E-state index in [1.165, 1.54) is 0 Å². The van der Waals surface area contributed by atoms with Gasteiger partial charge in [-0.05, 0) is 13.3 Å². The molecule has 0 spiro atoms. The molecule has 1 heterocycles. The zero-order chi connectivity index (χ0) is 9.14. The summed E-state index contributed by atoms with van der Waals surface area (Å²) in [6.45, 7) is 1.69. The maximum absolute atomic E-state index is 12.9. The van der Waals surface area contributed by atoms with Gasteiger partial charge in [0.2, 0.25) is 0 Å². The Kier molecular flexibility index (Phi) is 2.70. The van der Waals surface area contributed by atoms with Crippen molar-refractivity contribution in [1.29, 1.82) is 0 Å². The first-order valence-electron chi connectivity index (χ1n) is 3.64. The van der Waals surface area contributed by atoms with Gasteiger partial charge in [0.15, 0.2) is 0 Å². The minimum Gasteiger partial charge on any atom is -0.328 e. The molecule has 4 heteroatoms. The van der Waals surface area contributed by atoms with Crippen LogP contribution in [0.4, 0.5) is 8.78 Å². The molecule has 2 nitrogen and oxygen atoms in total. The molecule has 0 aliphatic carbocycles. The molecule has 0 bridgehead atoms. The Balaban J connectivity index is 2.96. The van der Waals surface area contributed by atoms with E-state index in [1.54, 1.807) is 6.92 Å².